The summed E-state index contributed by atoms with van der Waals surface area (Å²) in [5.41, 5.74) is 1.95. The monoisotopic (exact) mass is 482 g/mol. The van der Waals surface area contributed by atoms with Crippen molar-refractivity contribution in [2.45, 2.75) is 46.1 Å². The first-order valence-corrected chi connectivity index (χ1v) is 12.5. The molecule has 0 aliphatic carbocycles. The highest BCUT2D eigenvalue weighted by atomic mass is 32.1. The number of anilines is 2. The number of nitrogens with zero attached hydrogens (tertiary/aromatic N) is 4. The Labute approximate surface area is 202 Å². The van der Waals surface area contributed by atoms with Crippen molar-refractivity contribution >= 4 is 44.3 Å². The minimum atomic E-state index is -0.300. The summed E-state index contributed by atoms with van der Waals surface area (Å²) in [6.45, 7) is 7.95. The number of thiazole rings is 1. The first-order valence-electron chi connectivity index (χ1n) is 11.6. The van der Waals surface area contributed by atoms with Gasteiger partial charge in [0.25, 0.3) is 5.56 Å². The van der Waals surface area contributed by atoms with Crippen LogP contribution in [0.3, 0.4) is 0 Å². The van der Waals surface area contributed by atoms with Crippen molar-refractivity contribution in [3.05, 3.63) is 46.5 Å². The van der Waals surface area contributed by atoms with Crippen molar-refractivity contribution in [1.29, 1.82) is 0 Å². The van der Waals surface area contributed by atoms with Gasteiger partial charge in [-0.05, 0) is 43.4 Å². The van der Waals surface area contributed by atoms with Gasteiger partial charge in [0.2, 0.25) is 11.8 Å². The first kappa shape index (κ1) is 23.9. The Hall–Kier alpha value is -3.27. The normalized spacial score (nSPS) is 16.1. The lowest BCUT2D eigenvalue weighted by molar-refractivity contribution is -0.125. The van der Waals surface area contributed by atoms with Crippen LogP contribution in [0.1, 0.15) is 45.1 Å². The van der Waals surface area contributed by atoms with E-state index in [0.717, 1.165) is 19.4 Å². The number of carbonyl (C=O) groups is 2. The summed E-state index contributed by atoms with van der Waals surface area (Å²) in [7, 11) is 0. The van der Waals surface area contributed by atoms with E-state index in [-0.39, 0.29) is 29.8 Å². The van der Waals surface area contributed by atoms with Crippen molar-refractivity contribution in [3.63, 3.8) is 0 Å². The standard InChI is InChI=1S/C24H30N6O3S/c1-4-25-22(32)17-6-5-11-29(12-17)24-28-21-20(34-24)23(33)30(14-26-21)13-19(31)27-18-9-7-16(8-10-18)15(2)3/h7-10,14-15,17H,4-6,11-13H2,1-3H3,(H,25,32)(H,27,31). The average molecular weight is 483 g/mol. The maximum Gasteiger partial charge on any atom is 0.273 e. The fourth-order valence-corrected chi connectivity index (χ4v) is 5.08. The maximum absolute atomic E-state index is 13.0. The molecule has 180 valence electrons. The van der Waals surface area contributed by atoms with E-state index >= 15 is 0 Å². The van der Waals surface area contributed by atoms with Gasteiger partial charge in [-0.25, -0.2) is 4.98 Å². The van der Waals surface area contributed by atoms with Crippen LogP contribution < -0.4 is 21.1 Å². The first-order chi connectivity index (χ1) is 16.4. The highest BCUT2D eigenvalue weighted by molar-refractivity contribution is 7.22. The van der Waals surface area contributed by atoms with Gasteiger partial charge in [-0.3, -0.25) is 19.0 Å². The highest BCUT2D eigenvalue weighted by Gasteiger charge is 2.27. The van der Waals surface area contributed by atoms with E-state index in [4.69, 9.17) is 0 Å². The molecule has 3 aromatic rings. The molecule has 2 aromatic heterocycles. The van der Waals surface area contributed by atoms with E-state index in [1.807, 2.05) is 36.1 Å². The Kier molecular flexibility index (Phi) is 7.26. The number of hydrogen-bond acceptors (Lipinski definition) is 7. The summed E-state index contributed by atoms with van der Waals surface area (Å²) in [5.74, 6) is 0.0723. The molecule has 0 spiro atoms. The second kappa shape index (κ2) is 10.3. The minimum Gasteiger partial charge on any atom is -0.356 e. The largest absolute Gasteiger partial charge is 0.356 e. The highest BCUT2D eigenvalue weighted by Crippen LogP contribution is 2.29. The van der Waals surface area contributed by atoms with Gasteiger partial charge >= 0.3 is 0 Å². The van der Waals surface area contributed by atoms with Gasteiger partial charge in [0.1, 0.15) is 17.6 Å². The zero-order chi connectivity index (χ0) is 24.2. The maximum atomic E-state index is 13.0. The summed E-state index contributed by atoms with van der Waals surface area (Å²) >= 11 is 1.26. The van der Waals surface area contributed by atoms with E-state index in [9.17, 15) is 14.4 Å². The van der Waals surface area contributed by atoms with E-state index in [0.29, 0.717) is 40.2 Å². The van der Waals surface area contributed by atoms with Gasteiger partial charge in [-0.2, -0.15) is 4.98 Å². The molecule has 1 aliphatic heterocycles. The summed E-state index contributed by atoms with van der Waals surface area (Å²) in [4.78, 5) is 48.7. The Bertz CT molecular complexity index is 1230. The molecule has 4 rings (SSSR count). The second-order valence-corrected chi connectivity index (χ2v) is 9.81. The van der Waals surface area contributed by atoms with Gasteiger partial charge in [0.15, 0.2) is 10.8 Å². The molecule has 1 unspecified atom stereocenters. The third-order valence-electron chi connectivity index (χ3n) is 5.96. The molecule has 34 heavy (non-hydrogen) atoms. The molecule has 9 nitrogen and oxygen atoms in total. The quantitative estimate of drug-likeness (QED) is 0.536. The lowest BCUT2D eigenvalue weighted by Gasteiger charge is -2.31. The van der Waals surface area contributed by atoms with Crippen LogP contribution in [-0.2, 0) is 16.1 Å². The zero-order valence-corrected chi connectivity index (χ0v) is 20.5. The van der Waals surface area contributed by atoms with Crippen LogP contribution in [0, 0.1) is 5.92 Å². The molecular weight excluding hydrogens is 452 g/mol. The number of hydrogen-bond donors (Lipinski definition) is 2. The molecule has 0 saturated carbocycles. The number of amides is 2. The Morgan fingerprint density at radius 3 is 2.71 bits per heavy atom. The van der Waals surface area contributed by atoms with Crippen LogP contribution in [0.25, 0.3) is 10.3 Å². The molecular formula is C24H30N6O3S. The van der Waals surface area contributed by atoms with Crippen molar-refractivity contribution in [2.75, 3.05) is 29.9 Å². The van der Waals surface area contributed by atoms with Gasteiger partial charge in [0, 0.05) is 25.3 Å². The van der Waals surface area contributed by atoms with Crippen molar-refractivity contribution in [3.8, 4) is 0 Å². The molecule has 1 atom stereocenters. The van der Waals surface area contributed by atoms with Crippen molar-refractivity contribution < 1.29 is 9.59 Å². The predicted octanol–water partition coefficient (Wildman–Crippen LogP) is 2.97. The molecule has 1 saturated heterocycles. The second-order valence-electron chi connectivity index (χ2n) is 8.83. The van der Waals surface area contributed by atoms with E-state index in [2.05, 4.69) is 34.4 Å². The Morgan fingerprint density at radius 2 is 2.00 bits per heavy atom. The number of fused-ring (bicyclic) bond motifs is 1. The summed E-state index contributed by atoms with van der Waals surface area (Å²) in [6.07, 6.45) is 3.09. The molecule has 3 heterocycles. The third-order valence-corrected chi connectivity index (χ3v) is 7.05. The minimum absolute atomic E-state index is 0.0543. The molecule has 2 amide bonds. The lowest BCUT2D eigenvalue weighted by Crippen LogP contribution is -2.43. The number of benzene rings is 1. The van der Waals surface area contributed by atoms with E-state index in [1.165, 1.54) is 27.8 Å². The summed E-state index contributed by atoms with van der Waals surface area (Å²) in [5, 5.41) is 6.40. The van der Waals surface area contributed by atoms with Crippen LogP contribution in [0.15, 0.2) is 35.4 Å². The summed E-state index contributed by atoms with van der Waals surface area (Å²) < 4.78 is 1.71. The smallest absolute Gasteiger partial charge is 0.273 e. The van der Waals surface area contributed by atoms with Crippen LogP contribution in [0.4, 0.5) is 10.8 Å². The van der Waals surface area contributed by atoms with Crippen LogP contribution in [0.2, 0.25) is 0 Å². The Morgan fingerprint density at radius 1 is 1.24 bits per heavy atom. The fraction of sp³-hybridized carbons (Fsp3) is 0.458. The molecule has 1 aromatic carbocycles. The van der Waals surface area contributed by atoms with Crippen LogP contribution in [0.5, 0.6) is 0 Å². The van der Waals surface area contributed by atoms with E-state index < -0.39 is 0 Å². The molecule has 0 radical (unpaired) electrons. The number of piperidine rings is 1. The van der Waals surface area contributed by atoms with E-state index in [1.54, 1.807) is 0 Å². The summed E-state index contributed by atoms with van der Waals surface area (Å²) in [6, 6.07) is 7.69. The van der Waals surface area contributed by atoms with Crippen LogP contribution >= 0.6 is 11.3 Å². The van der Waals surface area contributed by atoms with Crippen LogP contribution in [-0.4, -0.2) is 46.0 Å². The van der Waals surface area contributed by atoms with Crippen molar-refractivity contribution in [1.82, 2.24) is 19.9 Å². The van der Waals surface area contributed by atoms with Gasteiger partial charge in [0.05, 0.1) is 5.92 Å². The molecule has 1 fully saturated rings. The van der Waals surface area contributed by atoms with Crippen molar-refractivity contribution in [2.24, 2.45) is 5.92 Å². The number of aromatic nitrogens is 3. The van der Waals surface area contributed by atoms with Gasteiger partial charge in [-0.15, -0.1) is 0 Å². The molecule has 10 heteroatoms. The number of nitrogens with one attached hydrogen (secondary N) is 2. The fourth-order valence-electron chi connectivity index (χ4n) is 4.07. The number of rotatable bonds is 7. The van der Waals surface area contributed by atoms with Gasteiger partial charge < -0.3 is 15.5 Å². The SMILES string of the molecule is CCNC(=O)C1CCCN(c2nc3ncn(CC(=O)Nc4ccc(C(C)C)cc4)c(=O)c3s2)C1. The topological polar surface area (TPSA) is 109 Å². The Balaban J connectivity index is 1.47. The third kappa shape index (κ3) is 5.27. The van der Waals surface area contributed by atoms with Gasteiger partial charge in [-0.1, -0.05) is 37.3 Å². The average Bonchev–Trinajstić information content (AvgIpc) is 3.27. The predicted molar refractivity (Wildman–Crippen MR) is 134 cm³/mol. The zero-order valence-electron chi connectivity index (χ0n) is 19.7. The lowest BCUT2D eigenvalue weighted by atomic mass is 9.97. The molecule has 0 bridgehead atoms. The molecule has 1 aliphatic rings. The number of carbonyl (C=O) groups excluding carboxylic acids is 2. The molecule has 2 N–H and O–H groups in total.